The van der Waals surface area contributed by atoms with Crippen molar-refractivity contribution >= 4 is 23.3 Å². The maximum Gasteiger partial charge on any atom is 0.265 e. The summed E-state index contributed by atoms with van der Waals surface area (Å²) in [7, 11) is 0. The van der Waals surface area contributed by atoms with Crippen LogP contribution in [0.2, 0.25) is 0 Å². The van der Waals surface area contributed by atoms with Gasteiger partial charge in [-0.05, 0) is 75.2 Å². The quantitative estimate of drug-likeness (QED) is 0.512. The van der Waals surface area contributed by atoms with Gasteiger partial charge in [0.1, 0.15) is 17.5 Å². The smallest absolute Gasteiger partial charge is 0.265 e. The lowest BCUT2D eigenvalue weighted by Crippen LogP contribution is -2.52. The van der Waals surface area contributed by atoms with Gasteiger partial charge in [0.2, 0.25) is 5.91 Å². The number of hydrogen-bond acceptors (Lipinski definition) is 6. The van der Waals surface area contributed by atoms with Crippen molar-refractivity contribution in [2.75, 3.05) is 44.3 Å². The summed E-state index contributed by atoms with van der Waals surface area (Å²) in [6.45, 7) is 6.92. The Labute approximate surface area is 212 Å². The summed E-state index contributed by atoms with van der Waals surface area (Å²) >= 11 is 0. The number of rotatable bonds is 10. The number of aryl methyl sites for hydroxylation is 1. The topological polar surface area (TPSA) is 88.2 Å². The standard InChI is InChI=1S/C28H35N3O5/c1-3-21-8-7-9-23(16-21)35-18-25(32)22-10-11-26-24(17-22)31(27(33)19-36-26)20(2)28(34)29-12-15-30-13-5-4-6-14-30/h7-11,16-17,20H,3-6,12-15,18-19H2,1-2H3,(H,29,34)/t20-/m0/s1. The Morgan fingerprint density at radius 3 is 2.69 bits per heavy atom. The van der Waals surface area contributed by atoms with Gasteiger partial charge in [0.15, 0.2) is 19.0 Å². The molecule has 0 aromatic heterocycles. The molecule has 4 rings (SSSR count). The lowest BCUT2D eigenvalue weighted by molar-refractivity contribution is -0.127. The second-order valence-electron chi connectivity index (χ2n) is 9.32. The Balaban J connectivity index is 1.41. The third kappa shape index (κ3) is 6.23. The molecule has 0 saturated carbocycles. The molecule has 2 aliphatic heterocycles. The fourth-order valence-corrected chi connectivity index (χ4v) is 4.64. The van der Waals surface area contributed by atoms with Crippen molar-refractivity contribution in [3.05, 3.63) is 53.6 Å². The van der Waals surface area contributed by atoms with Crippen molar-refractivity contribution in [2.45, 2.75) is 45.6 Å². The van der Waals surface area contributed by atoms with Gasteiger partial charge in [0.05, 0.1) is 5.69 Å². The van der Waals surface area contributed by atoms with Gasteiger partial charge in [0, 0.05) is 18.7 Å². The summed E-state index contributed by atoms with van der Waals surface area (Å²) in [5, 5.41) is 2.96. The Morgan fingerprint density at radius 2 is 1.92 bits per heavy atom. The largest absolute Gasteiger partial charge is 0.485 e. The van der Waals surface area contributed by atoms with E-state index in [-0.39, 0.29) is 30.8 Å². The number of piperidine rings is 1. The molecule has 0 unspecified atom stereocenters. The number of ketones is 1. The van der Waals surface area contributed by atoms with Crippen LogP contribution in [-0.4, -0.2) is 67.9 Å². The maximum absolute atomic E-state index is 12.9. The number of amides is 2. The van der Waals surface area contributed by atoms with E-state index in [4.69, 9.17) is 9.47 Å². The first-order valence-electron chi connectivity index (χ1n) is 12.8. The van der Waals surface area contributed by atoms with Crippen LogP contribution in [0.5, 0.6) is 11.5 Å². The zero-order valence-electron chi connectivity index (χ0n) is 21.1. The Hall–Kier alpha value is -3.39. The molecule has 1 N–H and O–H groups in total. The second-order valence-corrected chi connectivity index (χ2v) is 9.32. The predicted molar refractivity (Wildman–Crippen MR) is 138 cm³/mol. The van der Waals surface area contributed by atoms with Gasteiger partial charge < -0.3 is 19.7 Å². The Bertz CT molecular complexity index is 1100. The minimum absolute atomic E-state index is 0.132. The van der Waals surface area contributed by atoms with E-state index in [1.165, 1.54) is 24.2 Å². The summed E-state index contributed by atoms with van der Waals surface area (Å²) in [6, 6.07) is 11.8. The van der Waals surface area contributed by atoms with Crippen molar-refractivity contribution < 1.29 is 23.9 Å². The van der Waals surface area contributed by atoms with E-state index in [1.807, 2.05) is 24.3 Å². The molecular weight excluding hydrogens is 458 g/mol. The summed E-state index contributed by atoms with van der Waals surface area (Å²) in [4.78, 5) is 42.4. The molecule has 0 bridgehead atoms. The zero-order valence-corrected chi connectivity index (χ0v) is 21.1. The van der Waals surface area contributed by atoms with Crippen LogP contribution in [0.25, 0.3) is 0 Å². The number of nitrogens with one attached hydrogen (secondary N) is 1. The van der Waals surface area contributed by atoms with Gasteiger partial charge in [-0.25, -0.2) is 0 Å². The monoisotopic (exact) mass is 493 g/mol. The van der Waals surface area contributed by atoms with Crippen LogP contribution >= 0.6 is 0 Å². The molecule has 2 aromatic rings. The van der Waals surface area contributed by atoms with E-state index in [0.717, 1.165) is 31.6 Å². The van der Waals surface area contributed by atoms with Crippen molar-refractivity contribution in [3.63, 3.8) is 0 Å². The highest BCUT2D eigenvalue weighted by Crippen LogP contribution is 2.34. The molecule has 2 aromatic carbocycles. The highest BCUT2D eigenvalue weighted by atomic mass is 16.5. The van der Waals surface area contributed by atoms with Gasteiger partial charge in [-0.15, -0.1) is 0 Å². The van der Waals surface area contributed by atoms with Crippen molar-refractivity contribution in [2.24, 2.45) is 0 Å². The molecule has 2 amide bonds. The van der Waals surface area contributed by atoms with Crippen LogP contribution in [0.15, 0.2) is 42.5 Å². The first kappa shape index (κ1) is 25.7. The average Bonchev–Trinajstić information content (AvgIpc) is 2.91. The minimum atomic E-state index is -0.736. The van der Waals surface area contributed by atoms with Crippen molar-refractivity contribution in [1.29, 1.82) is 0 Å². The first-order chi connectivity index (χ1) is 17.5. The summed E-state index contributed by atoms with van der Waals surface area (Å²) in [5.41, 5.74) is 1.94. The van der Waals surface area contributed by atoms with Crippen LogP contribution in [0.3, 0.4) is 0 Å². The maximum atomic E-state index is 12.9. The van der Waals surface area contributed by atoms with Crippen LogP contribution in [0, 0.1) is 0 Å². The van der Waals surface area contributed by atoms with Crippen LogP contribution in [0.4, 0.5) is 5.69 Å². The number of fused-ring (bicyclic) bond motifs is 1. The molecule has 2 heterocycles. The molecule has 2 aliphatic rings. The number of likely N-dealkylation sites (tertiary alicyclic amines) is 1. The van der Waals surface area contributed by atoms with E-state index in [1.54, 1.807) is 25.1 Å². The fraction of sp³-hybridized carbons (Fsp3) is 0.464. The van der Waals surface area contributed by atoms with Gasteiger partial charge in [-0.2, -0.15) is 0 Å². The molecule has 0 radical (unpaired) electrons. The van der Waals surface area contributed by atoms with Crippen LogP contribution in [-0.2, 0) is 16.0 Å². The number of Topliss-reactive ketones (excluding diaryl/α,β-unsaturated/α-hetero) is 1. The SMILES string of the molecule is CCc1cccc(OCC(=O)c2ccc3c(c2)N([C@@H](C)C(=O)NCCN2CCCCC2)C(=O)CO3)c1. The summed E-state index contributed by atoms with van der Waals surface area (Å²) in [5.74, 6) is 0.324. The molecular formula is C28H35N3O5. The molecule has 36 heavy (non-hydrogen) atoms. The first-order valence-corrected chi connectivity index (χ1v) is 12.8. The van der Waals surface area contributed by atoms with Gasteiger partial charge in [0.25, 0.3) is 5.91 Å². The lowest BCUT2D eigenvalue weighted by Gasteiger charge is -2.34. The van der Waals surface area contributed by atoms with Crippen LogP contribution in [0.1, 0.15) is 49.0 Å². The van der Waals surface area contributed by atoms with Gasteiger partial charge >= 0.3 is 0 Å². The van der Waals surface area contributed by atoms with Crippen LogP contribution < -0.4 is 19.7 Å². The van der Waals surface area contributed by atoms with E-state index < -0.39 is 6.04 Å². The number of benzene rings is 2. The number of ether oxygens (including phenoxy) is 2. The van der Waals surface area contributed by atoms with Gasteiger partial charge in [-0.3, -0.25) is 19.3 Å². The third-order valence-corrected chi connectivity index (χ3v) is 6.78. The molecule has 192 valence electrons. The molecule has 8 heteroatoms. The number of anilines is 1. The fourth-order valence-electron chi connectivity index (χ4n) is 4.64. The summed E-state index contributed by atoms with van der Waals surface area (Å²) < 4.78 is 11.3. The molecule has 0 aliphatic carbocycles. The number of hydrogen-bond donors (Lipinski definition) is 1. The predicted octanol–water partition coefficient (Wildman–Crippen LogP) is 3.23. The highest BCUT2D eigenvalue weighted by molar-refractivity contribution is 6.05. The Morgan fingerprint density at radius 1 is 1.11 bits per heavy atom. The zero-order chi connectivity index (χ0) is 25.5. The number of carbonyl (C=O) groups excluding carboxylic acids is 3. The minimum Gasteiger partial charge on any atom is -0.485 e. The second kappa shape index (κ2) is 12.0. The molecule has 1 fully saturated rings. The third-order valence-electron chi connectivity index (χ3n) is 6.78. The van der Waals surface area contributed by atoms with Crippen molar-refractivity contribution in [1.82, 2.24) is 10.2 Å². The normalized spacial score (nSPS) is 16.6. The van der Waals surface area contributed by atoms with Crippen molar-refractivity contribution in [3.8, 4) is 11.5 Å². The Kier molecular flexibility index (Phi) is 8.59. The summed E-state index contributed by atoms with van der Waals surface area (Å²) in [6.07, 6.45) is 4.53. The molecule has 8 nitrogen and oxygen atoms in total. The lowest BCUT2D eigenvalue weighted by atomic mass is 10.1. The van der Waals surface area contributed by atoms with E-state index >= 15 is 0 Å². The highest BCUT2D eigenvalue weighted by Gasteiger charge is 2.33. The molecule has 0 spiro atoms. The molecule has 1 atom stereocenters. The number of carbonyl (C=O) groups is 3. The van der Waals surface area contributed by atoms with E-state index in [0.29, 0.717) is 29.3 Å². The van der Waals surface area contributed by atoms with E-state index in [9.17, 15) is 14.4 Å². The number of nitrogens with zero attached hydrogens (tertiary/aromatic N) is 2. The van der Waals surface area contributed by atoms with E-state index in [2.05, 4.69) is 17.1 Å². The molecule has 1 saturated heterocycles. The van der Waals surface area contributed by atoms with Gasteiger partial charge in [-0.1, -0.05) is 25.5 Å². The average molecular weight is 494 g/mol.